The first-order chi connectivity index (χ1) is 7.84. The lowest BCUT2D eigenvalue weighted by Gasteiger charge is -2.14. The van der Waals surface area contributed by atoms with Crippen LogP contribution >= 0.6 is 0 Å². The maximum absolute atomic E-state index is 5.80. The van der Waals surface area contributed by atoms with E-state index in [1.165, 1.54) is 0 Å². The lowest BCUT2D eigenvalue weighted by molar-refractivity contribution is 0.494. The van der Waals surface area contributed by atoms with E-state index in [0.717, 1.165) is 17.3 Å². The fourth-order valence-corrected chi connectivity index (χ4v) is 1.71. The Morgan fingerprint density at radius 2 is 2.50 bits per heavy atom. The summed E-state index contributed by atoms with van der Waals surface area (Å²) in [5.74, 6) is 1.75. The van der Waals surface area contributed by atoms with Gasteiger partial charge in [0.25, 0.3) is 0 Å². The molecule has 0 spiro atoms. The van der Waals surface area contributed by atoms with Crippen molar-refractivity contribution in [3.8, 4) is 0 Å². The first kappa shape index (κ1) is 9.17. The van der Waals surface area contributed by atoms with Crippen LogP contribution in [0.4, 0.5) is 5.82 Å². The molecule has 0 bridgehead atoms. The van der Waals surface area contributed by atoms with Gasteiger partial charge in [0, 0.05) is 0 Å². The zero-order chi connectivity index (χ0) is 11.0. The van der Waals surface area contributed by atoms with E-state index in [1.807, 2.05) is 16.7 Å². The fourth-order valence-electron chi connectivity index (χ4n) is 1.71. The number of fused-ring (bicyclic) bond motifs is 1. The largest absolute Gasteiger partial charge is 0.467 e. The van der Waals surface area contributed by atoms with Gasteiger partial charge in [-0.25, -0.2) is 4.98 Å². The summed E-state index contributed by atoms with van der Waals surface area (Å²) in [6, 6.07) is 3.78. The van der Waals surface area contributed by atoms with Crippen molar-refractivity contribution in [3.63, 3.8) is 0 Å². The van der Waals surface area contributed by atoms with E-state index in [1.54, 1.807) is 18.9 Å². The molecule has 16 heavy (non-hydrogen) atoms. The van der Waals surface area contributed by atoms with Crippen molar-refractivity contribution < 1.29 is 4.42 Å². The predicted molar refractivity (Wildman–Crippen MR) is 59.1 cm³/mol. The normalized spacial score (nSPS) is 18.2. The summed E-state index contributed by atoms with van der Waals surface area (Å²) in [7, 11) is 0. The van der Waals surface area contributed by atoms with E-state index >= 15 is 0 Å². The summed E-state index contributed by atoms with van der Waals surface area (Å²) in [6.45, 7) is 0.628. The number of aliphatic imine (C=N–C) groups is 1. The number of imidazole rings is 1. The summed E-state index contributed by atoms with van der Waals surface area (Å²) in [5.41, 5.74) is 6.55. The van der Waals surface area contributed by atoms with Crippen molar-refractivity contribution in [1.29, 1.82) is 0 Å². The SMILES string of the molecule is NC1N=CNc2c1ncn2Cc1ccco1. The maximum Gasteiger partial charge on any atom is 0.145 e. The number of anilines is 1. The minimum atomic E-state index is -0.380. The average molecular weight is 217 g/mol. The number of aromatic nitrogens is 2. The van der Waals surface area contributed by atoms with Gasteiger partial charge in [-0.05, 0) is 12.1 Å². The third-order valence-corrected chi connectivity index (χ3v) is 2.49. The molecular weight excluding hydrogens is 206 g/mol. The Labute approximate surface area is 91.8 Å². The lowest BCUT2D eigenvalue weighted by atomic mass is 10.3. The van der Waals surface area contributed by atoms with E-state index < -0.39 is 0 Å². The second kappa shape index (κ2) is 3.49. The van der Waals surface area contributed by atoms with Crippen LogP contribution < -0.4 is 11.1 Å². The summed E-state index contributed by atoms with van der Waals surface area (Å²) >= 11 is 0. The van der Waals surface area contributed by atoms with E-state index in [0.29, 0.717) is 6.54 Å². The zero-order valence-electron chi connectivity index (χ0n) is 8.50. The van der Waals surface area contributed by atoms with Gasteiger partial charge >= 0.3 is 0 Å². The Morgan fingerprint density at radius 3 is 3.31 bits per heavy atom. The molecule has 0 saturated carbocycles. The van der Waals surface area contributed by atoms with Crippen LogP contribution in [0, 0.1) is 0 Å². The Hall–Kier alpha value is -2.08. The highest BCUT2D eigenvalue weighted by atomic mass is 16.3. The standard InChI is InChI=1S/C10H11N5O/c11-9-8-10(13-5-12-9)15(6-14-8)4-7-2-1-3-16-7/h1-3,5-6,9H,4,11H2,(H,12,13). The topological polar surface area (TPSA) is 81.4 Å². The lowest BCUT2D eigenvalue weighted by Crippen LogP contribution is -2.18. The van der Waals surface area contributed by atoms with E-state index in [2.05, 4.69) is 15.3 Å². The minimum absolute atomic E-state index is 0.380. The molecule has 1 aliphatic heterocycles. The summed E-state index contributed by atoms with van der Waals surface area (Å²) in [5, 5.41) is 3.04. The van der Waals surface area contributed by atoms with E-state index in [9.17, 15) is 0 Å². The molecule has 0 aromatic carbocycles. The van der Waals surface area contributed by atoms with Gasteiger partial charge < -0.3 is 20.0 Å². The number of hydrogen-bond acceptors (Lipinski definition) is 5. The van der Waals surface area contributed by atoms with Gasteiger partial charge in [0.2, 0.25) is 0 Å². The average Bonchev–Trinajstić information content (AvgIpc) is 2.90. The van der Waals surface area contributed by atoms with Gasteiger partial charge in [0.15, 0.2) is 0 Å². The van der Waals surface area contributed by atoms with Crippen molar-refractivity contribution in [2.75, 3.05) is 5.32 Å². The van der Waals surface area contributed by atoms with Crippen LogP contribution in [0.2, 0.25) is 0 Å². The number of nitrogens with one attached hydrogen (secondary N) is 1. The van der Waals surface area contributed by atoms with E-state index in [4.69, 9.17) is 10.2 Å². The first-order valence-corrected chi connectivity index (χ1v) is 4.96. The smallest absolute Gasteiger partial charge is 0.145 e. The molecule has 3 rings (SSSR count). The van der Waals surface area contributed by atoms with Gasteiger partial charge in [-0.2, -0.15) is 0 Å². The van der Waals surface area contributed by atoms with Crippen molar-refractivity contribution in [2.45, 2.75) is 12.7 Å². The molecule has 1 unspecified atom stereocenters. The summed E-state index contributed by atoms with van der Waals surface area (Å²) in [6.07, 6.45) is 4.59. The third-order valence-electron chi connectivity index (χ3n) is 2.49. The number of nitrogens with zero attached hydrogens (tertiary/aromatic N) is 3. The van der Waals surface area contributed by atoms with Crippen LogP contribution in [0.3, 0.4) is 0 Å². The number of nitrogens with two attached hydrogens (primary N) is 1. The number of hydrogen-bond donors (Lipinski definition) is 2. The first-order valence-electron chi connectivity index (χ1n) is 4.96. The molecule has 6 heteroatoms. The van der Waals surface area contributed by atoms with Crippen LogP contribution in [-0.2, 0) is 6.54 Å². The Bertz CT molecular complexity index is 513. The van der Waals surface area contributed by atoms with E-state index in [-0.39, 0.29) is 6.17 Å². The molecule has 82 valence electrons. The molecule has 0 amide bonds. The Morgan fingerprint density at radius 1 is 1.56 bits per heavy atom. The van der Waals surface area contributed by atoms with Gasteiger partial charge in [0.05, 0.1) is 25.5 Å². The fraction of sp³-hybridized carbons (Fsp3) is 0.200. The van der Waals surface area contributed by atoms with Gasteiger partial charge in [-0.3, -0.25) is 4.99 Å². The Kier molecular flexibility index (Phi) is 2.00. The van der Waals surface area contributed by atoms with Crippen molar-refractivity contribution >= 4 is 12.2 Å². The quantitative estimate of drug-likeness (QED) is 0.784. The van der Waals surface area contributed by atoms with Gasteiger partial charge in [0.1, 0.15) is 23.4 Å². The second-order valence-corrected chi connectivity index (χ2v) is 3.55. The number of rotatable bonds is 2. The van der Waals surface area contributed by atoms with Crippen LogP contribution in [0.25, 0.3) is 0 Å². The third kappa shape index (κ3) is 1.40. The summed E-state index contributed by atoms with van der Waals surface area (Å²) in [4.78, 5) is 8.26. The van der Waals surface area contributed by atoms with Crippen molar-refractivity contribution in [2.24, 2.45) is 10.7 Å². The second-order valence-electron chi connectivity index (χ2n) is 3.55. The molecular formula is C10H11N5O. The number of furan rings is 1. The van der Waals surface area contributed by atoms with Crippen LogP contribution in [0.1, 0.15) is 17.6 Å². The summed E-state index contributed by atoms with van der Waals surface area (Å²) < 4.78 is 7.23. The predicted octanol–water partition coefficient (Wildman–Crippen LogP) is 0.935. The van der Waals surface area contributed by atoms with Crippen LogP contribution in [0.15, 0.2) is 34.1 Å². The van der Waals surface area contributed by atoms with Crippen molar-refractivity contribution in [3.05, 3.63) is 36.2 Å². The Balaban J connectivity index is 1.93. The molecule has 0 fully saturated rings. The molecule has 2 aromatic heterocycles. The van der Waals surface area contributed by atoms with Crippen LogP contribution in [0.5, 0.6) is 0 Å². The van der Waals surface area contributed by atoms with Gasteiger partial charge in [-0.15, -0.1) is 0 Å². The van der Waals surface area contributed by atoms with Gasteiger partial charge in [-0.1, -0.05) is 0 Å². The molecule has 0 aliphatic carbocycles. The monoisotopic (exact) mass is 217 g/mol. The highest BCUT2D eigenvalue weighted by Gasteiger charge is 2.19. The maximum atomic E-state index is 5.80. The molecule has 3 heterocycles. The molecule has 3 N–H and O–H groups in total. The molecule has 2 aromatic rings. The molecule has 0 saturated heterocycles. The highest BCUT2D eigenvalue weighted by molar-refractivity contribution is 5.77. The molecule has 1 atom stereocenters. The minimum Gasteiger partial charge on any atom is -0.467 e. The van der Waals surface area contributed by atoms with Crippen molar-refractivity contribution in [1.82, 2.24) is 9.55 Å². The highest BCUT2D eigenvalue weighted by Crippen LogP contribution is 2.24. The van der Waals surface area contributed by atoms with Crippen LogP contribution in [-0.4, -0.2) is 15.9 Å². The zero-order valence-corrected chi connectivity index (χ0v) is 8.50. The molecule has 0 radical (unpaired) electrons. The molecule has 1 aliphatic rings. The molecule has 6 nitrogen and oxygen atoms in total.